The van der Waals surface area contributed by atoms with E-state index in [1.165, 1.54) is 11.3 Å². The number of hydrogen-bond donors (Lipinski definition) is 1. The zero-order chi connectivity index (χ0) is 15.9. The summed E-state index contributed by atoms with van der Waals surface area (Å²) in [5.74, 6) is -0.524. The quantitative estimate of drug-likeness (QED) is 0.836. The van der Waals surface area contributed by atoms with Gasteiger partial charge in [-0.25, -0.2) is 4.79 Å². The van der Waals surface area contributed by atoms with Gasteiger partial charge in [0.25, 0.3) is 5.91 Å². The summed E-state index contributed by atoms with van der Waals surface area (Å²) in [6, 6.07) is 3.43. The molecule has 22 heavy (non-hydrogen) atoms. The van der Waals surface area contributed by atoms with E-state index in [4.69, 9.17) is 0 Å². The van der Waals surface area contributed by atoms with E-state index >= 15 is 0 Å². The molecular formula is C15H19N3O3S. The SMILES string of the molecule is CCN(C(=O)CN1C(=O)NC(C)(c2cccs2)C1=O)C1CC1. The molecule has 4 amide bonds. The fraction of sp³-hybridized carbons (Fsp3) is 0.533. The standard InChI is InChI=1S/C15H19N3O3S/c1-3-17(10-6-7-10)12(19)9-18-13(20)15(2,16-14(18)21)11-5-4-8-22-11/h4-5,8,10H,3,6-7,9H2,1-2H3,(H,16,21). The van der Waals surface area contributed by atoms with E-state index in [9.17, 15) is 14.4 Å². The van der Waals surface area contributed by atoms with Crippen molar-refractivity contribution >= 4 is 29.2 Å². The fourth-order valence-corrected chi connectivity index (χ4v) is 3.66. The lowest BCUT2D eigenvalue weighted by molar-refractivity contribution is -0.139. The van der Waals surface area contributed by atoms with E-state index in [2.05, 4.69) is 5.32 Å². The summed E-state index contributed by atoms with van der Waals surface area (Å²) < 4.78 is 0. The fourth-order valence-electron chi connectivity index (χ4n) is 2.82. The lowest BCUT2D eigenvalue weighted by atomic mass is 10.0. The van der Waals surface area contributed by atoms with Crippen molar-refractivity contribution in [2.75, 3.05) is 13.1 Å². The highest BCUT2D eigenvalue weighted by molar-refractivity contribution is 7.10. The Kier molecular flexibility index (Phi) is 3.68. The van der Waals surface area contributed by atoms with Crippen LogP contribution < -0.4 is 5.32 Å². The molecule has 2 fully saturated rings. The van der Waals surface area contributed by atoms with Crippen molar-refractivity contribution in [2.24, 2.45) is 0 Å². The van der Waals surface area contributed by atoms with Crippen molar-refractivity contribution in [3.05, 3.63) is 22.4 Å². The van der Waals surface area contributed by atoms with Crippen LogP contribution in [0.4, 0.5) is 4.79 Å². The summed E-state index contributed by atoms with van der Waals surface area (Å²) in [5, 5.41) is 4.58. The maximum absolute atomic E-state index is 12.6. The average Bonchev–Trinajstić information content (AvgIpc) is 3.10. The molecule has 1 N–H and O–H groups in total. The van der Waals surface area contributed by atoms with Gasteiger partial charge in [0.15, 0.2) is 5.54 Å². The Hall–Kier alpha value is -1.89. The summed E-state index contributed by atoms with van der Waals surface area (Å²) in [6.45, 7) is 4.02. The third kappa shape index (κ3) is 2.39. The topological polar surface area (TPSA) is 69.7 Å². The first-order valence-electron chi connectivity index (χ1n) is 7.45. The molecule has 1 saturated heterocycles. The first-order valence-corrected chi connectivity index (χ1v) is 8.33. The molecule has 1 aliphatic carbocycles. The van der Waals surface area contributed by atoms with Gasteiger partial charge in [0.2, 0.25) is 5.91 Å². The predicted molar refractivity (Wildman–Crippen MR) is 82.3 cm³/mol. The maximum Gasteiger partial charge on any atom is 0.325 e. The van der Waals surface area contributed by atoms with Gasteiger partial charge in [-0.15, -0.1) is 11.3 Å². The number of imide groups is 1. The van der Waals surface area contributed by atoms with Gasteiger partial charge in [-0.1, -0.05) is 6.07 Å². The van der Waals surface area contributed by atoms with E-state index in [-0.39, 0.29) is 24.4 Å². The number of hydrogen-bond acceptors (Lipinski definition) is 4. The molecule has 1 aromatic heterocycles. The predicted octanol–water partition coefficient (Wildman–Crippen LogP) is 1.53. The van der Waals surface area contributed by atoms with Crippen LogP contribution in [0.25, 0.3) is 0 Å². The molecular weight excluding hydrogens is 302 g/mol. The van der Waals surface area contributed by atoms with Gasteiger partial charge < -0.3 is 10.2 Å². The number of nitrogens with one attached hydrogen (secondary N) is 1. The summed E-state index contributed by atoms with van der Waals surface area (Å²) in [7, 11) is 0. The monoisotopic (exact) mass is 321 g/mol. The van der Waals surface area contributed by atoms with E-state index in [1.54, 1.807) is 11.8 Å². The Labute approximate surface area is 133 Å². The molecule has 2 aliphatic rings. The van der Waals surface area contributed by atoms with Gasteiger partial charge in [-0.3, -0.25) is 14.5 Å². The number of likely N-dealkylation sites (N-methyl/N-ethyl adjacent to an activating group) is 1. The first-order chi connectivity index (χ1) is 10.5. The Morgan fingerprint density at radius 1 is 1.50 bits per heavy atom. The van der Waals surface area contributed by atoms with Crippen LogP contribution in [0.15, 0.2) is 17.5 Å². The van der Waals surface area contributed by atoms with Crippen LogP contribution in [-0.4, -0.2) is 46.8 Å². The maximum atomic E-state index is 12.6. The molecule has 0 bridgehead atoms. The molecule has 1 aromatic rings. The normalized spacial score (nSPS) is 24.5. The molecule has 118 valence electrons. The number of urea groups is 1. The number of amides is 4. The lowest BCUT2D eigenvalue weighted by Gasteiger charge is -2.23. The summed E-state index contributed by atoms with van der Waals surface area (Å²) in [6.07, 6.45) is 2.01. The van der Waals surface area contributed by atoms with Gasteiger partial charge in [-0.05, 0) is 38.1 Å². The van der Waals surface area contributed by atoms with Crippen molar-refractivity contribution in [1.82, 2.24) is 15.1 Å². The van der Waals surface area contributed by atoms with Gasteiger partial charge >= 0.3 is 6.03 Å². The van der Waals surface area contributed by atoms with Crippen LogP contribution in [0.5, 0.6) is 0 Å². The Balaban J connectivity index is 1.76. The minimum Gasteiger partial charge on any atom is -0.338 e. The molecule has 1 aliphatic heterocycles. The number of thiophene rings is 1. The van der Waals surface area contributed by atoms with Gasteiger partial charge in [-0.2, -0.15) is 0 Å². The number of carbonyl (C=O) groups excluding carboxylic acids is 3. The lowest BCUT2D eigenvalue weighted by Crippen LogP contribution is -2.45. The summed E-state index contributed by atoms with van der Waals surface area (Å²) >= 11 is 1.41. The van der Waals surface area contributed by atoms with Crippen LogP contribution in [0.2, 0.25) is 0 Å². The second-order valence-electron chi connectivity index (χ2n) is 5.83. The number of rotatable bonds is 5. The van der Waals surface area contributed by atoms with Crippen LogP contribution in [0.1, 0.15) is 31.6 Å². The molecule has 2 heterocycles. The molecule has 1 unspecified atom stereocenters. The minimum atomic E-state index is -1.07. The smallest absolute Gasteiger partial charge is 0.325 e. The molecule has 1 atom stereocenters. The third-order valence-corrected chi connectivity index (χ3v) is 5.32. The molecule has 1 saturated carbocycles. The first kappa shape index (κ1) is 15.0. The molecule has 0 spiro atoms. The van der Waals surface area contributed by atoms with Crippen LogP contribution >= 0.6 is 11.3 Å². The molecule has 6 nitrogen and oxygen atoms in total. The van der Waals surface area contributed by atoms with Crippen LogP contribution in [0.3, 0.4) is 0 Å². The largest absolute Gasteiger partial charge is 0.338 e. The average molecular weight is 321 g/mol. The molecule has 7 heteroatoms. The van der Waals surface area contributed by atoms with E-state index in [0.717, 1.165) is 22.6 Å². The van der Waals surface area contributed by atoms with Gasteiger partial charge in [0, 0.05) is 17.5 Å². The second-order valence-corrected chi connectivity index (χ2v) is 6.78. The zero-order valence-corrected chi connectivity index (χ0v) is 13.5. The van der Waals surface area contributed by atoms with Crippen molar-refractivity contribution < 1.29 is 14.4 Å². The summed E-state index contributed by atoms with van der Waals surface area (Å²) in [4.78, 5) is 40.7. The van der Waals surface area contributed by atoms with E-state index < -0.39 is 11.6 Å². The highest BCUT2D eigenvalue weighted by Crippen LogP contribution is 2.32. The Bertz CT molecular complexity index is 612. The van der Waals surface area contributed by atoms with Crippen molar-refractivity contribution in [1.29, 1.82) is 0 Å². The second kappa shape index (κ2) is 5.39. The van der Waals surface area contributed by atoms with Crippen LogP contribution in [-0.2, 0) is 15.1 Å². The van der Waals surface area contributed by atoms with Gasteiger partial charge in [0.05, 0.1) is 0 Å². The number of carbonyl (C=O) groups is 3. The minimum absolute atomic E-state index is 0.163. The highest BCUT2D eigenvalue weighted by Gasteiger charge is 2.50. The summed E-state index contributed by atoms with van der Waals surface area (Å²) in [5.41, 5.74) is -1.07. The highest BCUT2D eigenvalue weighted by atomic mass is 32.1. The molecule has 3 rings (SSSR count). The van der Waals surface area contributed by atoms with E-state index in [0.29, 0.717) is 6.54 Å². The Morgan fingerprint density at radius 3 is 2.77 bits per heavy atom. The molecule has 0 radical (unpaired) electrons. The van der Waals surface area contributed by atoms with Crippen molar-refractivity contribution in [3.63, 3.8) is 0 Å². The van der Waals surface area contributed by atoms with Crippen molar-refractivity contribution in [2.45, 2.75) is 38.3 Å². The van der Waals surface area contributed by atoms with E-state index in [1.807, 2.05) is 24.4 Å². The zero-order valence-electron chi connectivity index (χ0n) is 12.7. The van der Waals surface area contributed by atoms with Crippen LogP contribution in [0, 0.1) is 0 Å². The third-order valence-electron chi connectivity index (χ3n) is 4.23. The Morgan fingerprint density at radius 2 is 2.23 bits per heavy atom. The number of nitrogens with zero attached hydrogens (tertiary/aromatic N) is 2. The van der Waals surface area contributed by atoms with Crippen molar-refractivity contribution in [3.8, 4) is 0 Å². The molecule has 0 aromatic carbocycles. The van der Waals surface area contributed by atoms with Gasteiger partial charge in [0.1, 0.15) is 6.54 Å².